The molecule has 132 valence electrons. The normalized spacial score (nSPS) is 12.9. The molecule has 5 heteroatoms. The van der Waals surface area contributed by atoms with Gasteiger partial charge in [-0.1, -0.05) is 60.7 Å². The second kappa shape index (κ2) is 9.59. The SMILES string of the molecule is COC(=O)[C@H](Cc1ccccc1)NC(=O)[C@H](N)CCc1ccccc1. The number of benzene rings is 2. The van der Waals surface area contributed by atoms with E-state index in [4.69, 9.17) is 10.5 Å². The van der Waals surface area contributed by atoms with Crippen LogP contribution in [0.5, 0.6) is 0 Å². The van der Waals surface area contributed by atoms with Gasteiger partial charge in [-0.3, -0.25) is 4.79 Å². The van der Waals surface area contributed by atoms with Crippen molar-refractivity contribution in [3.8, 4) is 0 Å². The zero-order valence-electron chi connectivity index (χ0n) is 14.4. The van der Waals surface area contributed by atoms with Crippen molar-refractivity contribution < 1.29 is 14.3 Å². The van der Waals surface area contributed by atoms with Crippen LogP contribution < -0.4 is 11.1 Å². The minimum atomic E-state index is -0.748. The lowest BCUT2D eigenvalue weighted by molar-refractivity contribution is -0.145. The molecule has 0 saturated carbocycles. The quantitative estimate of drug-likeness (QED) is 0.719. The van der Waals surface area contributed by atoms with E-state index >= 15 is 0 Å². The summed E-state index contributed by atoms with van der Waals surface area (Å²) < 4.78 is 4.80. The molecule has 0 aliphatic carbocycles. The Hall–Kier alpha value is -2.66. The molecule has 2 rings (SSSR count). The first kappa shape index (κ1) is 18.7. The fourth-order valence-corrected chi connectivity index (χ4v) is 2.56. The molecular formula is C20H24N2O3. The van der Waals surface area contributed by atoms with E-state index in [1.807, 2.05) is 60.7 Å². The Kier molecular flexibility index (Phi) is 7.16. The summed E-state index contributed by atoms with van der Waals surface area (Å²) in [6.45, 7) is 0. The van der Waals surface area contributed by atoms with Crippen molar-refractivity contribution in [3.05, 3.63) is 71.8 Å². The van der Waals surface area contributed by atoms with Gasteiger partial charge in [0.2, 0.25) is 5.91 Å². The van der Waals surface area contributed by atoms with Gasteiger partial charge in [-0.2, -0.15) is 0 Å². The highest BCUT2D eigenvalue weighted by molar-refractivity contribution is 5.87. The third-order valence-corrected chi connectivity index (χ3v) is 4.01. The van der Waals surface area contributed by atoms with E-state index in [2.05, 4.69) is 5.32 Å². The fraction of sp³-hybridized carbons (Fsp3) is 0.300. The Bertz CT molecular complexity index is 674. The summed E-state index contributed by atoms with van der Waals surface area (Å²) in [5.41, 5.74) is 8.05. The van der Waals surface area contributed by atoms with Crippen LogP contribution >= 0.6 is 0 Å². The fourth-order valence-electron chi connectivity index (χ4n) is 2.56. The average Bonchev–Trinajstić information content (AvgIpc) is 2.66. The molecule has 0 unspecified atom stereocenters. The van der Waals surface area contributed by atoms with Crippen molar-refractivity contribution in [2.45, 2.75) is 31.3 Å². The Labute approximate surface area is 148 Å². The molecule has 25 heavy (non-hydrogen) atoms. The summed E-state index contributed by atoms with van der Waals surface area (Å²) in [6.07, 6.45) is 1.58. The standard InChI is InChI=1S/C20H24N2O3/c1-25-20(24)18(14-16-10-6-3-7-11-16)22-19(23)17(21)13-12-15-8-4-2-5-9-15/h2-11,17-18H,12-14,21H2,1H3,(H,22,23)/t17-,18+/m1/s1. The number of carbonyl (C=O) groups is 2. The predicted octanol–water partition coefficient (Wildman–Crippen LogP) is 1.85. The Morgan fingerprint density at radius 1 is 1.00 bits per heavy atom. The number of hydrogen-bond donors (Lipinski definition) is 2. The highest BCUT2D eigenvalue weighted by Gasteiger charge is 2.24. The summed E-state index contributed by atoms with van der Waals surface area (Å²) in [5, 5.41) is 2.71. The maximum Gasteiger partial charge on any atom is 0.328 e. The molecule has 3 N–H and O–H groups in total. The van der Waals surface area contributed by atoms with Crippen molar-refractivity contribution in [2.24, 2.45) is 5.73 Å². The average molecular weight is 340 g/mol. The van der Waals surface area contributed by atoms with Gasteiger partial charge in [0.05, 0.1) is 13.2 Å². The van der Waals surface area contributed by atoms with Gasteiger partial charge in [-0.25, -0.2) is 4.79 Å². The molecule has 0 saturated heterocycles. The largest absolute Gasteiger partial charge is 0.467 e. The molecular weight excluding hydrogens is 316 g/mol. The van der Waals surface area contributed by atoms with Crippen LogP contribution in [-0.2, 0) is 27.2 Å². The summed E-state index contributed by atoms with van der Waals surface area (Å²) in [5.74, 6) is -0.824. The summed E-state index contributed by atoms with van der Waals surface area (Å²) in [6, 6.07) is 17.9. The molecule has 0 radical (unpaired) electrons. The minimum Gasteiger partial charge on any atom is -0.467 e. The maximum atomic E-state index is 12.3. The van der Waals surface area contributed by atoms with Gasteiger partial charge < -0.3 is 15.8 Å². The molecule has 2 aromatic rings. The molecule has 0 bridgehead atoms. The molecule has 0 fully saturated rings. The minimum absolute atomic E-state index is 0.345. The number of nitrogens with one attached hydrogen (secondary N) is 1. The first-order chi connectivity index (χ1) is 12.1. The van der Waals surface area contributed by atoms with Crippen LogP contribution in [0.3, 0.4) is 0 Å². The molecule has 1 amide bonds. The number of methoxy groups -OCH3 is 1. The lowest BCUT2D eigenvalue weighted by atomic mass is 10.0. The number of hydrogen-bond acceptors (Lipinski definition) is 4. The summed E-state index contributed by atoms with van der Waals surface area (Å²) in [7, 11) is 1.31. The van der Waals surface area contributed by atoms with E-state index < -0.39 is 18.1 Å². The number of esters is 1. The lowest BCUT2D eigenvalue weighted by Gasteiger charge is -2.19. The number of nitrogens with two attached hydrogens (primary N) is 1. The van der Waals surface area contributed by atoms with E-state index in [9.17, 15) is 9.59 Å². The van der Waals surface area contributed by atoms with E-state index in [1.54, 1.807) is 0 Å². The Morgan fingerprint density at radius 3 is 2.12 bits per heavy atom. The first-order valence-electron chi connectivity index (χ1n) is 8.31. The molecule has 5 nitrogen and oxygen atoms in total. The second-order valence-electron chi connectivity index (χ2n) is 5.90. The number of carbonyl (C=O) groups excluding carboxylic acids is 2. The summed E-state index contributed by atoms with van der Waals surface area (Å²) >= 11 is 0. The van der Waals surface area contributed by atoms with Crippen LogP contribution in [0, 0.1) is 0 Å². The van der Waals surface area contributed by atoms with Gasteiger partial charge in [0, 0.05) is 6.42 Å². The van der Waals surface area contributed by atoms with Crippen LogP contribution in [0.2, 0.25) is 0 Å². The van der Waals surface area contributed by atoms with Crippen LogP contribution in [0.1, 0.15) is 17.5 Å². The topological polar surface area (TPSA) is 81.4 Å². The molecule has 2 atom stereocenters. The zero-order chi connectivity index (χ0) is 18.1. The van der Waals surface area contributed by atoms with Gasteiger partial charge in [-0.15, -0.1) is 0 Å². The number of amides is 1. The molecule has 0 heterocycles. The van der Waals surface area contributed by atoms with Crippen molar-refractivity contribution in [3.63, 3.8) is 0 Å². The number of rotatable bonds is 8. The number of ether oxygens (including phenoxy) is 1. The Morgan fingerprint density at radius 2 is 1.56 bits per heavy atom. The lowest BCUT2D eigenvalue weighted by Crippen LogP contribution is -2.49. The molecule has 0 aliphatic rings. The van der Waals surface area contributed by atoms with E-state index in [0.29, 0.717) is 19.3 Å². The van der Waals surface area contributed by atoms with Crippen LogP contribution in [0.25, 0.3) is 0 Å². The van der Waals surface area contributed by atoms with Crippen molar-refractivity contribution >= 4 is 11.9 Å². The van der Waals surface area contributed by atoms with Crippen molar-refractivity contribution in [2.75, 3.05) is 7.11 Å². The van der Waals surface area contributed by atoms with Crippen LogP contribution in [0.4, 0.5) is 0 Å². The maximum absolute atomic E-state index is 12.3. The highest BCUT2D eigenvalue weighted by atomic mass is 16.5. The third-order valence-electron chi connectivity index (χ3n) is 4.01. The smallest absolute Gasteiger partial charge is 0.328 e. The van der Waals surface area contributed by atoms with Crippen LogP contribution in [-0.4, -0.2) is 31.1 Å². The van der Waals surface area contributed by atoms with Crippen LogP contribution in [0.15, 0.2) is 60.7 Å². The molecule has 0 spiro atoms. The molecule has 0 aliphatic heterocycles. The van der Waals surface area contributed by atoms with E-state index in [0.717, 1.165) is 11.1 Å². The van der Waals surface area contributed by atoms with E-state index in [-0.39, 0.29) is 5.91 Å². The monoisotopic (exact) mass is 340 g/mol. The van der Waals surface area contributed by atoms with E-state index in [1.165, 1.54) is 7.11 Å². The van der Waals surface area contributed by atoms with Crippen molar-refractivity contribution in [1.82, 2.24) is 5.32 Å². The molecule has 0 aromatic heterocycles. The van der Waals surface area contributed by atoms with Gasteiger partial charge in [0.25, 0.3) is 0 Å². The van der Waals surface area contributed by atoms with Gasteiger partial charge in [-0.05, 0) is 24.0 Å². The first-order valence-corrected chi connectivity index (χ1v) is 8.31. The number of aryl methyl sites for hydroxylation is 1. The predicted molar refractivity (Wildman–Crippen MR) is 96.8 cm³/mol. The third kappa shape index (κ3) is 6.04. The zero-order valence-corrected chi connectivity index (χ0v) is 14.4. The van der Waals surface area contributed by atoms with Gasteiger partial charge in [0.1, 0.15) is 6.04 Å². The van der Waals surface area contributed by atoms with Gasteiger partial charge >= 0.3 is 5.97 Å². The summed E-state index contributed by atoms with van der Waals surface area (Å²) in [4.78, 5) is 24.3. The van der Waals surface area contributed by atoms with Crippen molar-refractivity contribution in [1.29, 1.82) is 0 Å². The highest BCUT2D eigenvalue weighted by Crippen LogP contribution is 2.07. The Balaban J connectivity index is 1.92. The second-order valence-corrected chi connectivity index (χ2v) is 5.90. The molecule has 2 aromatic carbocycles. The van der Waals surface area contributed by atoms with Gasteiger partial charge in [0.15, 0.2) is 0 Å².